The van der Waals surface area contributed by atoms with Gasteiger partial charge in [0.2, 0.25) is 0 Å². The van der Waals surface area contributed by atoms with Crippen molar-refractivity contribution in [2.24, 2.45) is 0 Å². The number of carbonyl (C=O) groups is 2. The summed E-state index contributed by atoms with van der Waals surface area (Å²) in [5, 5.41) is 0. The minimum Gasteiger partial charge on any atom is -0.482 e. The first-order valence-electron chi connectivity index (χ1n) is 4.03. The third kappa shape index (κ3) is 4.21. The zero-order chi connectivity index (χ0) is 11.3. The molecule has 0 atom stereocenters. The Bertz CT molecular complexity index is 358. The van der Waals surface area contributed by atoms with E-state index in [1.807, 2.05) is 0 Å². The Morgan fingerprint density at radius 1 is 1.27 bits per heavy atom. The highest BCUT2D eigenvalue weighted by molar-refractivity contribution is 5.88. The van der Waals surface area contributed by atoms with Gasteiger partial charge in [-0.15, -0.1) is 0 Å². The Kier molecular flexibility index (Phi) is 3.79. The fourth-order valence-electron chi connectivity index (χ4n) is 0.830. The van der Waals surface area contributed by atoms with Crippen LogP contribution in [0.1, 0.15) is 0 Å². The van der Waals surface area contributed by atoms with Crippen LogP contribution >= 0.6 is 0 Å². The van der Waals surface area contributed by atoms with Crippen molar-refractivity contribution < 1.29 is 23.5 Å². The molecule has 0 saturated carbocycles. The maximum atomic E-state index is 12.5. The van der Waals surface area contributed by atoms with Gasteiger partial charge in [-0.05, 0) is 24.3 Å². The molecular weight excluding hydrogens is 203 g/mol. The molecule has 1 rings (SSSR count). The topological polar surface area (TPSA) is 52.6 Å². The fraction of sp³-hybridized carbons (Fsp3) is 0.100. The number of ether oxygens (including phenoxy) is 2. The van der Waals surface area contributed by atoms with Crippen molar-refractivity contribution >= 4 is 11.9 Å². The molecule has 0 aliphatic rings. The summed E-state index contributed by atoms with van der Waals surface area (Å²) in [6.45, 7) is 2.43. The van der Waals surface area contributed by atoms with Gasteiger partial charge in [0.05, 0.1) is 6.92 Å². The summed E-state index contributed by atoms with van der Waals surface area (Å²) in [6.07, 6.45) is 0. The Morgan fingerprint density at radius 2 is 1.87 bits per heavy atom. The van der Waals surface area contributed by atoms with Gasteiger partial charge in [-0.2, -0.15) is 0 Å². The minimum atomic E-state index is -0.942. The van der Waals surface area contributed by atoms with E-state index in [1.54, 1.807) is 0 Å². The van der Waals surface area contributed by atoms with E-state index >= 15 is 0 Å². The first kappa shape index (κ1) is 11.2. The molecule has 0 unspecified atom stereocenters. The van der Waals surface area contributed by atoms with Crippen LogP contribution in [0.4, 0.5) is 4.39 Å². The predicted molar refractivity (Wildman–Crippen MR) is 48.4 cm³/mol. The van der Waals surface area contributed by atoms with Crippen LogP contribution in [0.15, 0.2) is 24.3 Å². The molecule has 4 nitrogen and oxygen atoms in total. The van der Waals surface area contributed by atoms with E-state index in [0.29, 0.717) is 5.75 Å². The molecule has 5 heteroatoms. The summed E-state index contributed by atoms with van der Waals surface area (Å²) in [5.74, 6) is -1.88. The molecular formula is C10H8FO4. The van der Waals surface area contributed by atoms with Gasteiger partial charge < -0.3 is 9.47 Å². The molecule has 0 fully saturated rings. The molecule has 0 aliphatic carbocycles. The Labute approximate surface area is 85.6 Å². The van der Waals surface area contributed by atoms with Crippen molar-refractivity contribution in [2.75, 3.05) is 6.61 Å². The van der Waals surface area contributed by atoms with Crippen molar-refractivity contribution in [3.63, 3.8) is 0 Å². The average molecular weight is 211 g/mol. The number of halogens is 1. The highest BCUT2D eigenvalue weighted by atomic mass is 19.1. The zero-order valence-electron chi connectivity index (χ0n) is 7.73. The van der Waals surface area contributed by atoms with Crippen LogP contribution in [0.3, 0.4) is 0 Å². The lowest BCUT2D eigenvalue weighted by Crippen LogP contribution is -2.17. The second-order valence-corrected chi connectivity index (χ2v) is 2.59. The number of benzene rings is 1. The summed E-state index contributed by atoms with van der Waals surface area (Å²) >= 11 is 0. The molecule has 15 heavy (non-hydrogen) atoms. The highest BCUT2D eigenvalue weighted by Crippen LogP contribution is 2.10. The van der Waals surface area contributed by atoms with Gasteiger partial charge in [-0.3, -0.25) is 4.79 Å². The first-order chi connectivity index (χ1) is 7.08. The molecule has 0 bridgehead atoms. The lowest BCUT2D eigenvalue weighted by atomic mass is 10.3. The number of esters is 2. The van der Waals surface area contributed by atoms with Crippen molar-refractivity contribution in [3.05, 3.63) is 37.0 Å². The summed E-state index contributed by atoms with van der Waals surface area (Å²) in [5.41, 5.74) is 0. The van der Waals surface area contributed by atoms with Crippen molar-refractivity contribution in [3.8, 4) is 5.75 Å². The van der Waals surface area contributed by atoms with Crippen molar-refractivity contribution in [1.29, 1.82) is 0 Å². The van der Waals surface area contributed by atoms with Crippen LogP contribution in [0.2, 0.25) is 0 Å². The molecule has 0 heterocycles. The van der Waals surface area contributed by atoms with E-state index in [1.165, 1.54) is 24.3 Å². The zero-order valence-corrected chi connectivity index (χ0v) is 7.73. The van der Waals surface area contributed by atoms with Crippen LogP contribution < -0.4 is 4.74 Å². The van der Waals surface area contributed by atoms with E-state index in [9.17, 15) is 14.0 Å². The summed E-state index contributed by atoms with van der Waals surface area (Å²) in [4.78, 5) is 21.1. The predicted octanol–water partition coefficient (Wildman–Crippen LogP) is 1.11. The smallest absolute Gasteiger partial charge is 0.351 e. The quantitative estimate of drug-likeness (QED) is 0.555. The molecule has 0 amide bonds. The lowest BCUT2D eigenvalue weighted by molar-refractivity contribution is -0.157. The molecule has 1 radical (unpaired) electrons. The van der Waals surface area contributed by atoms with Crippen molar-refractivity contribution in [2.45, 2.75) is 0 Å². The molecule has 0 N–H and O–H groups in total. The van der Waals surface area contributed by atoms with Crippen LogP contribution in [-0.2, 0) is 14.3 Å². The van der Waals surface area contributed by atoms with Gasteiger partial charge >= 0.3 is 11.9 Å². The third-order valence-corrected chi connectivity index (χ3v) is 1.40. The molecule has 0 aliphatic heterocycles. The Morgan fingerprint density at radius 3 is 2.40 bits per heavy atom. The number of carbonyl (C=O) groups excluding carboxylic acids is 2. The number of hydrogen-bond donors (Lipinski definition) is 0. The van der Waals surface area contributed by atoms with Crippen LogP contribution in [0, 0.1) is 12.7 Å². The largest absolute Gasteiger partial charge is 0.482 e. The van der Waals surface area contributed by atoms with Gasteiger partial charge in [0.15, 0.2) is 6.61 Å². The molecule has 0 aromatic heterocycles. The molecule has 79 valence electrons. The molecule has 0 spiro atoms. The summed E-state index contributed by atoms with van der Waals surface area (Å²) in [6, 6.07) is 5.09. The normalized spacial score (nSPS) is 9.47. The second-order valence-electron chi connectivity index (χ2n) is 2.59. The first-order valence-corrected chi connectivity index (χ1v) is 4.03. The van der Waals surface area contributed by atoms with E-state index in [4.69, 9.17) is 4.74 Å². The summed E-state index contributed by atoms with van der Waals surface area (Å²) < 4.78 is 21.5. The highest BCUT2D eigenvalue weighted by Gasteiger charge is 2.06. The van der Waals surface area contributed by atoms with Gasteiger partial charge in [-0.25, -0.2) is 9.18 Å². The molecule has 1 aromatic rings. The van der Waals surface area contributed by atoms with Gasteiger partial charge in [0.1, 0.15) is 11.6 Å². The van der Waals surface area contributed by atoms with E-state index in [-0.39, 0.29) is 0 Å². The molecule has 0 saturated heterocycles. The Hall–Kier alpha value is -1.91. The Balaban J connectivity index is 2.40. The van der Waals surface area contributed by atoms with Crippen LogP contribution in [0.5, 0.6) is 5.75 Å². The van der Waals surface area contributed by atoms with Gasteiger partial charge in [0, 0.05) is 0 Å². The molecule has 1 aromatic carbocycles. The average Bonchev–Trinajstić information content (AvgIpc) is 2.16. The van der Waals surface area contributed by atoms with Crippen LogP contribution in [0.25, 0.3) is 0 Å². The number of hydrogen-bond acceptors (Lipinski definition) is 4. The van der Waals surface area contributed by atoms with Gasteiger partial charge in [-0.1, -0.05) is 0 Å². The SMILES string of the molecule is [CH2]C(=O)OC(=O)COc1ccc(F)cc1. The fourth-order valence-corrected chi connectivity index (χ4v) is 0.830. The van der Waals surface area contributed by atoms with E-state index < -0.39 is 24.4 Å². The summed E-state index contributed by atoms with van der Waals surface area (Å²) in [7, 11) is 0. The second kappa shape index (κ2) is 5.09. The van der Waals surface area contributed by atoms with Crippen LogP contribution in [-0.4, -0.2) is 18.5 Å². The van der Waals surface area contributed by atoms with Crippen molar-refractivity contribution in [1.82, 2.24) is 0 Å². The third-order valence-electron chi connectivity index (χ3n) is 1.40. The lowest BCUT2D eigenvalue weighted by Gasteiger charge is -2.04. The van der Waals surface area contributed by atoms with Gasteiger partial charge in [0.25, 0.3) is 0 Å². The van der Waals surface area contributed by atoms with E-state index in [2.05, 4.69) is 11.7 Å². The van der Waals surface area contributed by atoms with E-state index in [0.717, 1.165) is 0 Å². The number of rotatable bonds is 3. The minimum absolute atomic E-state index is 0.310. The maximum absolute atomic E-state index is 12.5. The standard InChI is InChI=1S/C10H8FO4/c1-7(12)15-10(13)6-14-9-4-2-8(11)3-5-9/h2-5H,1,6H2. The monoisotopic (exact) mass is 211 g/mol. The maximum Gasteiger partial charge on any atom is 0.351 e.